The SMILES string of the molecule is Cc1nc(N2CCC(C)(C)CC2)cnc1-c1ccccc1Cl. The molecule has 116 valence electrons. The Morgan fingerprint density at radius 2 is 1.82 bits per heavy atom. The van der Waals surface area contributed by atoms with Crippen molar-refractivity contribution in [3.05, 3.63) is 41.2 Å². The van der Waals surface area contributed by atoms with Crippen molar-refractivity contribution in [2.75, 3.05) is 18.0 Å². The van der Waals surface area contributed by atoms with E-state index in [1.807, 2.05) is 37.4 Å². The molecule has 1 aromatic heterocycles. The van der Waals surface area contributed by atoms with Crippen molar-refractivity contribution in [1.29, 1.82) is 0 Å². The van der Waals surface area contributed by atoms with Crippen LogP contribution in [0.1, 0.15) is 32.4 Å². The van der Waals surface area contributed by atoms with Crippen LogP contribution in [-0.4, -0.2) is 23.1 Å². The van der Waals surface area contributed by atoms with Crippen LogP contribution in [0.5, 0.6) is 0 Å². The number of aryl methyl sites for hydroxylation is 1. The quantitative estimate of drug-likeness (QED) is 0.802. The maximum atomic E-state index is 6.27. The Morgan fingerprint density at radius 1 is 1.14 bits per heavy atom. The van der Waals surface area contributed by atoms with Gasteiger partial charge in [0.25, 0.3) is 0 Å². The normalized spacial score (nSPS) is 17.5. The van der Waals surface area contributed by atoms with E-state index >= 15 is 0 Å². The lowest BCUT2D eigenvalue weighted by Gasteiger charge is -2.37. The first kappa shape index (κ1) is 15.3. The summed E-state index contributed by atoms with van der Waals surface area (Å²) in [6, 6.07) is 7.78. The van der Waals surface area contributed by atoms with Crippen molar-refractivity contribution in [3.8, 4) is 11.3 Å². The first-order valence-corrected chi connectivity index (χ1v) is 8.18. The van der Waals surface area contributed by atoms with Crippen LogP contribution in [0.25, 0.3) is 11.3 Å². The van der Waals surface area contributed by atoms with Gasteiger partial charge in [0, 0.05) is 18.7 Å². The predicted octanol–water partition coefficient (Wildman–Crippen LogP) is 4.73. The highest BCUT2D eigenvalue weighted by Crippen LogP contribution is 2.33. The molecule has 0 saturated carbocycles. The van der Waals surface area contributed by atoms with E-state index in [4.69, 9.17) is 16.6 Å². The molecule has 1 aliphatic heterocycles. The zero-order valence-electron chi connectivity index (χ0n) is 13.4. The topological polar surface area (TPSA) is 29.0 Å². The van der Waals surface area contributed by atoms with Gasteiger partial charge in [-0.2, -0.15) is 0 Å². The Kier molecular flexibility index (Phi) is 4.09. The third kappa shape index (κ3) is 3.09. The minimum atomic E-state index is 0.441. The highest BCUT2D eigenvalue weighted by molar-refractivity contribution is 6.33. The Hall–Kier alpha value is -1.61. The second-order valence-corrected chi connectivity index (χ2v) is 7.20. The van der Waals surface area contributed by atoms with Gasteiger partial charge in [-0.05, 0) is 31.2 Å². The smallest absolute Gasteiger partial charge is 0.147 e. The summed E-state index contributed by atoms with van der Waals surface area (Å²) < 4.78 is 0. The van der Waals surface area contributed by atoms with Crippen LogP contribution < -0.4 is 4.90 Å². The van der Waals surface area contributed by atoms with Crippen molar-refractivity contribution in [2.24, 2.45) is 5.41 Å². The summed E-state index contributed by atoms with van der Waals surface area (Å²) in [4.78, 5) is 11.7. The molecule has 2 heterocycles. The number of aromatic nitrogens is 2. The molecule has 0 unspecified atom stereocenters. The Balaban J connectivity index is 1.86. The highest BCUT2D eigenvalue weighted by atomic mass is 35.5. The number of rotatable bonds is 2. The summed E-state index contributed by atoms with van der Waals surface area (Å²) in [6.45, 7) is 8.77. The van der Waals surface area contributed by atoms with Gasteiger partial charge in [0.1, 0.15) is 5.82 Å². The van der Waals surface area contributed by atoms with E-state index in [2.05, 4.69) is 23.7 Å². The molecule has 22 heavy (non-hydrogen) atoms. The summed E-state index contributed by atoms with van der Waals surface area (Å²) in [5, 5.41) is 0.715. The fourth-order valence-electron chi connectivity index (χ4n) is 2.88. The van der Waals surface area contributed by atoms with Crippen molar-refractivity contribution < 1.29 is 0 Å². The maximum Gasteiger partial charge on any atom is 0.147 e. The van der Waals surface area contributed by atoms with E-state index in [0.717, 1.165) is 35.9 Å². The first-order valence-electron chi connectivity index (χ1n) is 7.80. The van der Waals surface area contributed by atoms with Gasteiger partial charge >= 0.3 is 0 Å². The van der Waals surface area contributed by atoms with Crippen molar-refractivity contribution in [1.82, 2.24) is 9.97 Å². The van der Waals surface area contributed by atoms with Crippen molar-refractivity contribution >= 4 is 17.4 Å². The lowest BCUT2D eigenvalue weighted by Crippen LogP contribution is -2.37. The molecule has 1 aliphatic rings. The minimum Gasteiger partial charge on any atom is -0.355 e. The van der Waals surface area contributed by atoms with Gasteiger partial charge in [-0.15, -0.1) is 0 Å². The van der Waals surface area contributed by atoms with E-state index < -0.39 is 0 Å². The van der Waals surface area contributed by atoms with Crippen LogP contribution >= 0.6 is 11.6 Å². The first-order chi connectivity index (χ1) is 10.5. The van der Waals surface area contributed by atoms with Crippen molar-refractivity contribution in [3.63, 3.8) is 0 Å². The van der Waals surface area contributed by atoms with Gasteiger partial charge in [0.15, 0.2) is 0 Å². The highest BCUT2D eigenvalue weighted by Gasteiger charge is 2.26. The summed E-state index contributed by atoms with van der Waals surface area (Å²) in [5.74, 6) is 0.976. The standard InChI is InChI=1S/C18H22ClN3/c1-13-17(14-6-4-5-7-15(14)19)20-12-16(21-13)22-10-8-18(2,3)9-11-22/h4-7,12H,8-11H2,1-3H3. The molecule has 0 amide bonds. The third-order valence-corrected chi connectivity index (χ3v) is 4.83. The second kappa shape index (κ2) is 5.88. The van der Waals surface area contributed by atoms with Crippen LogP contribution in [0.15, 0.2) is 30.5 Å². The molecule has 4 heteroatoms. The van der Waals surface area contributed by atoms with Gasteiger partial charge < -0.3 is 4.90 Å². The third-order valence-electron chi connectivity index (χ3n) is 4.50. The number of benzene rings is 1. The Morgan fingerprint density at radius 3 is 2.45 bits per heavy atom. The number of hydrogen-bond acceptors (Lipinski definition) is 3. The molecular formula is C18H22ClN3. The summed E-state index contributed by atoms with van der Waals surface area (Å²) in [6.07, 6.45) is 4.27. The zero-order valence-corrected chi connectivity index (χ0v) is 14.2. The summed E-state index contributed by atoms with van der Waals surface area (Å²) in [7, 11) is 0. The van der Waals surface area contributed by atoms with Crippen LogP contribution in [0, 0.1) is 12.3 Å². The summed E-state index contributed by atoms with van der Waals surface area (Å²) >= 11 is 6.27. The molecule has 1 saturated heterocycles. The summed E-state index contributed by atoms with van der Waals surface area (Å²) in [5.41, 5.74) is 3.18. The van der Waals surface area contributed by atoms with Crippen LogP contribution in [0.4, 0.5) is 5.82 Å². The molecule has 0 aliphatic carbocycles. The number of halogens is 1. The molecule has 1 fully saturated rings. The second-order valence-electron chi connectivity index (χ2n) is 6.79. The van der Waals surface area contributed by atoms with Crippen LogP contribution in [-0.2, 0) is 0 Å². The molecule has 0 spiro atoms. The average molecular weight is 316 g/mol. The molecule has 0 atom stereocenters. The van der Waals surface area contributed by atoms with E-state index in [0.29, 0.717) is 10.4 Å². The molecule has 0 N–H and O–H groups in total. The minimum absolute atomic E-state index is 0.441. The molecule has 0 radical (unpaired) electrons. The van der Waals surface area contributed by atoms with Gasteiger partial charge in [-0.1, -0.05) is 43.6 Å². The number of piperidine rings is 1. The van der Waals surface area contributed by atoms with Gasteiger partial charge in [0.05, 0.1) is 22.6 Å². The van der Waals surface area contributed by atoms with Gasteiger partial charge in [-0.25, -0.2) is 4.98 Å². The number of anilines is 1. The van der Waals surface area contributed by atoms with Crippen molar-refractivity contribution in [2.45, 2.75) is 33.6 Å². The molecule has 3 nitrogen and oxygen atoms in total. The Bertz CT molecular complexity index is 672. The number of nitrogens with zero attached hydrogens (tertiary/aromatic N) is 3. The lowest BCUT2D eigenvalue weighted by atomic mass is 9.83. The van der Waals surface area contributed by atoms with E-state index in [1.54, 1.807) is 0 Å². The monoisotopic (exact) mass is 315 g/mol. The van der Waals surface area contributed by atoms with E-state index in [-0.39, 0.29) is 0 Å². The fourth-order valence-corrected chi connectivity index (χ4v) is 3.11. The van der Waals surface area contributed by atoms with Crippen LogP contribution in [0.2, 0.25) is 5.02 Å². The molecule has 2 aromatic rings. The predicted molar refractivity (Wildman–Crippen MR) is 92.4 cm³/mol. The Labute approximate surface area is 137 Å². The largest absolute Gasteiger partial charge is 0.355 e. The maximum absolute atomic E-state index is 6.27. The zero-order chi connectivity index (χ0) is 15.7. The van der Waals surface area contributed by atoms with E-state index in [1.165, 1.54) is 12.8 Å². The molecule has 1 aromatic carbocycles. The van der Waals surface area contributed by atoms with Gasteiger partial charge in [-0.3, -0.25) is 4.98 Å². The molecule has 0 bridgehead atoms. The van der Waals surface area contributed by atoms with Gasteiger partial charge in [0.2, 0.25) is 0 Å². The van der Waals surface area contributed by atoms with E-state index in [9.17, 15) is 0 Å². The number of hydrogen-bond donors (Lipinski definition) is 0. The fraction of sp³-hybridized carbons (Fsp3) is 0.444. The van der Waals surface area contributed by atoms with Crippen LogP contribution in [0.3, 0.4) is 0 Å². The molecular weight excluding hydrogens is 294 g/mol. The molecule has 3 rings (SSSR count). The lowest BCUT2D eigenvalue weighted by molar-refractivity contribution is 0.279. The average Bonchev–Trinajstić information content (AvgIpc) is 2.48.